The average Bonchev–Trinajstić information content (AvgIpc) is 3.20. The maximum absolute atomic E-state index is 14.4. The summed E-state index contributed by atoms with van der Waals surface area (Å²) in [5, 5.41) is 15.8. The van der Waals surface area contributed by atoms with Crippen LogP contribution in [-0.2, 0) is 0 Å². The molecule has 5 rings (SSSR count). The Morgan fingerprint density at radius 1 is 1.00 bits per heavy atom. The number of nitrogens with zero attached hydrogens (tertiary/aromatic N) is 4. The van der Waals surface area contributed by atoms with Gasteiger partial charge in [0.25, 0.3) is 0 Å². The van der Waals surface area contributed by atoms with Gasteiger partial charge in [0.1, 0.15) is 22.8 Å². The molecular weight excluding hydrogens is 440 g/mol. The Kier molecular flexibility index (Phi) is 6.60. The Morgan fingerprint density at radius 2 is 1.71 bits per heavy atom. The van der Waals surface area contributed by atoms with Gasteiger partial charge in [-0.15, -0.1) is 0 Å². The molecule has 2 heterocycles. The van der Waals surface area contributed by atoms with Crippen LogP contribution in [0.3, 0.4) is 0 Å². The second-order valence-corrected chi connectivity index (χ2v) is 9.54. The number of nitrogens with one attached hydrogen (secondary N) is 2. The van der Waals surface area contributed by atoms with E-state index < -0.39 is 11.6 Å². The highest BCUT2D eigenvalue weighted by molar-refractivity contribution is 5.76. The lowest BCUT2D eigenvalue weighted by atomic mass is 9.86. The molecule has 8 nitrogen and oxygen atoms in total. The maximum atomic E-state index is 14.4. The second kappa shape index (κ2) is 9.79. The van der Waals surface area contributed by atoms with Gasteiger partial charge < -0.3 is 21.5 Å². The molecule has 0 bridgehead atoms. The first-order valence-corrected chi connectivity index (χ1v) is 12.1. The summed E-state index contributed by atoms with van der Waals surface area (Å²) in [6.45, 7) is 0.171. The van der Waals surface area contributed by atoms with Crippen molar-refractivity contribution in [1.29, 1.82) is 0 Å². The van der Waals surface area contributed by atoms with Gasteiger partial charge in [0.2, 0.25) is 11.9 Å². The molecule has 5 N–H and O–H groups in total. The van der Waals surface area contributed by atoms with Crippen molar-refractivity contribution in [3.63, 3.8) is 0 Å². The third-order valence-corrected chi connectivity index (χ3v) is 7.18. The number of aliphatic hydroxyl groups is 1. The standard InChI is InChI=1S/C24H31F2N7O/c25-18-2-1-3-19(26)21(18)31-24-30-20-12-28-23(29-16-8-6-15(27)7-9-16)32-22(20)33(24)17-10-4-14(13-34)5-11-17/h1-3,12,14-17,34H,4-11,13,27H2,(H,30,31)(H,28,29,32)/t14-,15-,16-,17+. The number of halogens is 2. The minimum Gasteiger partial charge on any atom is -0.396 e. The molecule has 0 radical (unpaired) electrons. The zero-order valence-electron chi connectivity index (χ0n) is 19.1. The lowest BCUT2D eigenvalue weighted by Gasteiger charge is -2.29. The van der Waals surface area contributed by atoms with Crippen LogP contribution < -0.4 is 16.4 Å². The van der Waals surface area contributed by atoms with Crippen molar-refractivity contribution < 1.29 is 13.9 Å². The fourth-order valence-electron chi connectivity index (χ4n) is 5.16. The highest BCUT2D eigenvalue weighted by atomic mass is 19.1. The molecule has 0 atom stereocenters. The predicted octanol–water partition coefficient (Wildman–Crippen LogP) is 4.25. The number of aromatic nitrogens is 4. The van der Waals surface area contributed by atoms with E-state index in [1.54, 1.807) is 6.20 Å². The molecule has 0 saturated heterocycles. The molecule has 0 amide bonds. The molecule has 2 aromatic heterocycles. The quantitative estimate of drug-likeness (QED) is 0.425. The van der Waals surface area contributed by atoms with Crippen molar-refractivity contribution >= 4 is 28.7 Å². The van der Waals surface area contributed by atoms with Gasteiger partial charge in [0.05, 0.1) is 6.20 Å². The maximum Gasteiger partial charge on any atom is 0.224 e. The SMILES string of the molecule is N[C@H]1CC[C@H](Nc2ncc3nc(Nc4c(F)cccc4F)n([C@H]4CC[C@@H](CO)CC4)c3n2)CC1. The van der Waals surface area contributed by atoms with Crippen LogP contribution in [0.2, 0.25) is 0 Å². The van der Waals surface area contributed by atoms with E-state index in [1.165, 1.54) is 18.2 Å². The first kappa shape index (κ1) is 22.9. The molecular formula is C24H31F2N7O. The molecule has 1 aromatic carbocycles. The minimum absolute atomic E-state index is 0.0422. The number of hydrogen-bond acceptors (Lipinski definition) is 7. The van der Waals surface area contributed by atoms with Crippen LogP contribution in [0.4, 0.5) is 26.4 Å². The van der Waals surface area contributed by atoms with Gasteiger partial charge in [-0.25, -0.2) is 18.7 Å². The molecule has 2 aliphatic rings. The number of nitrogens with two attached hydrogens (primary N) is 1. The Labute approximate surface area is 197 Å². The van der Waals surface area contributed by atoms with E-state index in [4.69, 9.17) is 10.7 Å². The summed E-state index contributed by atoms with van der Waals surface area (Å²) < 4.78 is 30.7. The molecule has 3 aromatic rings. The summed E-state index contributed by atoms with van der Waals surface area (Å²) in [7, 11) is 0. The Bertz CT molecular complexity index is 1120. The predicted molar refractivity (Wildman–Crippen MR) is 127 cm³/mol. The van der Waals surface area contributed by atoms with Crippen LogP contribution in [-0.4, -0.2) is 43.3 Å². The van der Waals surface area contributed by atoms with Crippen molar-refractivity contribution in [2.45, 2.75) is 69.5 Å². The molecule has 182 valence electrons. The Morgan fingerprint density at radius 3 is 2.38 bits per heavy atom. The molecule has 34 heavy (non-hydrogen) atoms. The number of imidazole rings is 1. The monoisotopic (exact) mass is 471 g/mol. The van der Waals surface area contributed by atoms with Gasteiger partial charge in [-0.1, -0.05) is 6.07 Å². The van der Waals surface area contributed by atoms with Crippen LogP contribution in [0.1, 0.15) is 57.4 Å². The molecule has 0 spiro atoms. The van der Waals surface area contributed by atoms with Crippen LogP contribution in [0, 0.1) is 17.6 Å². The molecule has 0 aliphatic heterocycles. The van der Waals surface area contributed by atoms with Crippen molar-refractivity contribution in [2.75, 3.05) is 17.2 Å². The van der Waals surface area contributed by atoms with E-state index in [2.05, 4.69) is 20.6 Å². The number of aliphatic hydroxyl groups excluding tert-OH is 1. The summed E-state index contributed by atoms with van der Waals surface area (Å²) in [4.78, 5) is 13.8. The summed E-state index contributed by atoms with van der Waals surface area (Å²) in [5.41, 5.74) is 6.96. The van der Waals surface area contributed by atoms with Crippen LogP contribution in [0.5, 0.6) is 0 Å². The summed E-state index contributed by atoms with van der Waals surface area (Å²) in [5.74, 6) is -0.252. The molecule has 10 heteroatoms. The van der Waals surface area contributed by atoms with Gasteiger partial charge in [-0.3, -0.25) is 4.57 Å². The first-order valence-electron chi connectivity index (χ1n) is 12.1. The molecule has 0 unspecified atom stereocenters. The van der Waals surface area contributed by atoms with Crippen molar-refractivity contribution in [1.82, 2.24) is 19.5 Å². The van der Waals surface area contributed by atoms with Gasteiger partial charge in [-0.2, -0.15) is 4.98 Å². The van der Waals surface area contributed by atoms with Crippen LogP contribution >= 0.6 is 0 Å². The van der Waals surface area contributed by atoms with Crippen LogP contribution in [0.15, 0.2) is 24.4 Å². The van der Waals surface area contributed by atoms with Crippen LogP contribution in [0.25, 0.3) is 11.2 Å². The zero-order valence-corrected chi connectivity index (χ0v) is 19.1. The average molecular weight is 472 g/mol. The van der Waals surface area contributed by atoms with E-state index >= 15 is 0 Å². The van der Waals surface area contributed by atoms with Gasteiger partial charge in [0.15, 0.2) is 5.65 Å². The van der Waals surface area contributed by atoms with Gasteiger partial charge >= 0.3 is 0 Å². The van der Waals surface area contributed by atoms with Crippen molar-refractivity contribution in [2.24, 2.45) is 11.7 Å². The number of rotatable bonds is 6. The largest absolute Gasteiger partial charge is 0.396 e. The number of anilines is 3. The van der Waals surface area contributed by atoms with E-state index in [0.29, 0.717) is 23.1 Å². The smallest absolute Gasteiger partial charge is 0.224 e. The van der Waals surface area contributed by atoms with E-state index in [1.807, 2.05) is 4.57 Å². The Hall–Kier alpha value is -2.85. The zero-order chi connectivity index (χ0) is 23.7. The van der Waals surface area contributed by atoms with E-state index in [-0.39, 0.29) is 36.3 Å². The fraction of sp³-hybridized carbons (Fsp3) is 0.542. The highest BCUT2D eigenvalue weighted by Crippen LogP contribution is 2.37. The first-order chi connectivity index (χ1) is 16.5. The number of para-hydroxylation sites is 1. The van der Waals surface area contributed by atoms with Crippen molar-refractivity contribution in [3.8, 4) is 0 Å². The topological polar surface area (TPSA) is 114 Å². The molecule has 2 fully saturated rings. The van der Waals surface area contributed by atoms with E-state index in [0.717, 1.165) is 51.4 Å². The lowest BCUT2D eigenvalue weighted by molar-refractivity contribution is 0.170. The van der Waals surface area contributed by atoms with Crippen molar-refractivity contribution in [3.05, 3.63) is 36.0 Å². The van der Waals surface area contributed by atoms with Gasteiger partial charge in [0, 0.05) is 24.7 Å². The normalized spacial score (nSPS) is 25.4. The second-order valence-electron chi connectivity index (χ2n) is 9.54. The fourth-order valence-corrected chi connectivity index (χ4v) is 5.16. The Balaban J connectivity index is 1.50. The lowest BCUT2D eigenvalue weighted by Crippen LogP contribution is -2.33. The third-order valence-electron chi connectivity index (χ3n) is 7.18. The number of hydrogen-bond donors (Lipinski definition) is 4. The number of benzene rings is 1. The summed E-state index contributed by atoms with van der Waals surface area (Å²) in [6.07, 6.45) is 8.88. The van der Waals surface area contributed by atoms with E-state index in [9.17, 15) is 13.9 Å². The highest BCUT2D eigenvalue weighted by Gasteiger charge is 2.28. The van der Waals surface area contributed by atoms with Gasteiger partial charge in [-0.05, 0) is 69.4 Å². The number of fused-ring (bicyclic) bond motifs is 1. The molecule has 2 aliphatic carbocycles. The third kappa shape index (κ3) is 4.69. The summed E-state index contributed by atoms with van der Waals surface area (Å²) >= 11 is 0. The minimum atomic E-state index is -0.688. The molecule has 2 saturated carbocycles. The summed E-state index contributed by atoms with van der Waals surface area (Å²) in [6, 6.07) is 4.31.